The van der Waals surface area contributed by atoms with Crippen molar-refractivity contribution in [3.63, 3.8) is 0 Å². The molecule has 0 aliphatic heterocycles. The molecular formula is C19H18Br2N2O3. The fourth-order valence-corrected chi connectivity index (χ4v) is 4.22. The van der Waals surface area contributed by atoms with Gasteiger partial charge in [0.25, 0.3) is 5.91 Å². The quantitative estimate of drug-likeness (QED) is 0.495. The van der Waals surface area contributed by atoms with Gasteiger partial charge >= 0.3 is 0 Å². The summed E-state index contributed by atoms with van der Waals surface area (Å²) in [7, 11) is 0. The number of phenolic OH excluding ortho intramolecular Hbond substituents is 1. The summed E-state index contributed by atoms with van der Waals surface area (Å²) in [6, 6.07) is 7.36. The van der Waals surface area contributed by atoms with Gasteiger partial charge in [0.2, 0.25) is 0 Å². The predicted molar refractivity (Wildman–Crippen MR) is 108 cm³/mol. The van der Waals surface area contributed by atoms with Gasteiger partial charge in [-0.1, -0.05) is 6.07 Å². The van der Waals surface area contributed by atoms with Crippen LogP contribution >= 0.6 is 31.9 Å². The lowest BCUT2D eigenvalue weighted by Crippen LogP contribution is -2.24. The lowest BCUT2D eigenvalue weighted by molar-refractivity contribution is -0.123. The van der Waals surface area contributed by atoms with E-state index in [9.17, 15) is 9.90 Å². The van der Waals surface area contributed by atoms with Crippen LogP contribution in [-0.4, -0.2) is 23.8 Å². The lowest BCUT2D eigenvalue weighted by atomic mass is 10.0. The Morgan fingerprint density at radius 3 is 2.69 bits per heavy atom. The number of hydrogen-bond donors (Lipinski definition) is 2. The molecular weight excluding hydrogens is 464 g/mol. The highest BCUT2D eigenvalue weighted by molar-refractivity contribution is 9.11. The molecule has 2 aromatic rings. The standard InChI is InChI=1S/C19H18Br2N2O3/c1-11-5-6-17(14-4-2-3-13(11)14)26-10-18(24)23-22-9-12-7-15(20)19(25)16(21)8-12/h5-9,25H,2-4,10H2,1H3,(H,23,24)/b22-9+. The minimum Gasteiger partial charge on any atom is -0.506 e. The summed E-state index contributed by atoms with van der Waals surface area (Å²) < 4.78 is 6.76. The van der Waals surface area contributed by atoms with E-state index in [0.717, 1.165) is 30.6 Å². The number of aromatic hydroxyl groups is 1. The average molecular weight is 482 g/mol. The van der Waals surface area contributed by atoms with Crippen LogP contribution in [-0.2, 0) is 17.6 Å². The maximum absolute atomic E-state index is 12.0. The highest BCUT2D eigenvalue weighted by Gasteiger charge is 2.18. The molecule has 1 aliphatic rings. The van der Waals surface area contributed by atoms with Gasteiger partial charge in [-0.05, 0) is 98.5 Å². The van der Waals surface area contributed by atoms with Crippen LogP contribution in [0.2, 0.25) is 0 Å². The number of phenols is 1. The van der Waals surface area contributed by atoms with Crippen LogP contribution in [0.5, 0.6) is 11.5 Å². The zero-order valence-corrected chi connectivity index (χ0v) is 17.4. The second-order valence-corrected chi connectivity index (χ2v) is 7.81. The van der Waals surface area contributed by atoms with Crippen molar-refractivity contribution in [1.29, 1.82) is 0 Å². The highest BCUT2D eigenvalue weighted by atomic mass is 79.9. The molecule has 0 unspecified atom stereocenters. The number of nitrogens with zero attached hydrogens (tertiary/aromatic N) is 1. The minimum absolute atomic E-state index is 0.0875. The molecule has 1 amide bonds. The monoisotopic (exact) mass is 480 g/mol. The Balaban J connectivity index is 1.56. The SMILES string of the molecule is Cc1ccc(OCC(=O)N/N=C/c2cc(Br)c(O)c(Br)c2)c2c1CCC2. The molecule has 0 spiro atoms. The summed E-state index contributed by atoms with van der Waals surface area (Å²) in [6.45, 7) is 2.02. The Labute approximate surface area is 168 Å². The van der Waals surface area contributed by atoms with Crippen LogP contribution in [0.25, 0.3) is 0 Å². The van der Waals surface area contributed by atoms with Crippen molar-refractivity contribution < 1.29 is 14.6 Å². The molecule has 5 nitrogen and oxygen atoms in total. The second-order valence-electron chi connectivity index (χ2n) is 6.11. The second kappa shape index (κ2) is 8.22. The fourth-order valence-electron chi connectivity index (χ4n) is 3.00. The number of hydrogen-bond acceptors (Lipinski definition) is 4. The molecule has 0 heterocycles. The van der Waals surface area contributed by atoms with Crippen molar-refractivity contribution in [2.24, 2.45) is 5.10 Å². The number of aryl methyl sites for hydroxylation is 1. The fraction of sp³-hybridized carbons (Fsp3) is 0.263. The van der Waals surface area contributed by atoms with Crippen molar-refractivity contribution in [3.05, 3.63) is 55.5 Å². The van der Waals surface area contributed by atoms with Crippen LogP contribution < -0.4 is 10.2 Å². The number of nitrogens with one attached hydrogen (secondary N) is 1. The van der Waals surface area contributed by atoms with Gasteiger partial charge in [-0.3, -0.25) is 4.79 Å². The first-order valence-corrected chi connectivity index (χ1v) is 9.78. The van der Waals surface area contributed by atoms with Crippen molar-refractivity contribution in [1.82, 2.24) is 5.43 Å². The summed E-state index contributed by atoms with van der Waals surface area (Å²) in [6.07, 6.45) is 4.70. The van der Waals surface area contributed by atoms with E-state index in [1.54, 1.807) is 12.1 Å². The van der Waals surface area contributed by atoms with E-state index < -0.39 is 0 Å². The molecule has 0 saturated heterocycles. The van der Waals surface area contributed by atoms with Crippen molar-refractivity contribution in [2.75, 3.05) is 6.61 Å². The molecule has 136 valence electrons. The van der Waals surface area contributed by atoms with E-state index in [-0.39, 0.29) is 18.3 Å². The number of ether oxygens (including phenoxy) is 1. The number of amides is 1. The van der Waals surface area contributed by atoms with E-state index in [4.69, 9.17) is 4.74 Å². The molecule has 0 saturated carbocycles. The molecule has 2 aromatic carbocycles. The zero-order valence-electron chi connectivity index (χ0n) is 14.2. The smallest absolute Gasteiger partial charge is 0.277 e. The van der Waals surface area contributed by atoms with E-state index in [1.165, 1.54) is 22.9 Å². The van der Waals surface area contributed by atoms with Gasteiger partial charge in [0.05, 0.1) is 15.2 Å². The number of carbonyl (C=O) groups is 1. The van der Waals surface area contributed by atoms with E-state index in [1.807, 2.05) is 12.1 Å². The van der Waals surface area contributed by atoms with Gasteiger partial charge in [-0.15, -0.1) is 0 Å². The number of benzene rings is 2. The topological polar surface area (TPSA) is 70.9 Å². The van der Waals surface area contributed by atoms with E-state index in [2.05, 4.69) is 49.3 Å². The molecule has 0 bridgehead atoms. The zero-order chi connectivity index (χ0) is 18.7. The number of rotatable bonds is 5. The van der Waals surface area contributed by atoms with Crippen LogP contribution in [0.1, 0.15) is 28.7 Å². The summed E-state index contributed by atoms with van der Waals surface area (Å²) in [5.41, 5.74) is 7.02. The van der Waals surface area contributed by atoms with Gasteiger partial charge in [-0.2, -0.15) is 5.10 Å². The highest BCUT2D eigenvalue weighted by Crippen LogP contribution is 2.33. The summed E-state index contributed by atoms with van der Waals surface area (Å²) >= 11 is 6.50. The Kier molecular flexibility index (Phi) is 5.98. The third-order valence-corrected chi connectivity index (χ3v) is 5.49. The van der Waals surface area contributed by atoms with Gasteiger partial charge in [0.1, 0.15) is 11.5 Å². The van der Waals surface area contributed by atoms with Gasteiger partial charge < -0.3 is 9.84 Å². The van der Waals surface area contributed by atoms with Crippen LogP contribution in [0.3, 0.4) is 0 Å². The first kappa shape index (κ1) is 18.9. The summed E-state index contributed by atoms with van der Waals surface area (Å²) in [4.78, 5) is 12.0. The molecule has 7 heteroatoms. The Hall–Kier alpha value is -1.86. The van der Waals surface area contributed by atoms with Gasteiger partial charge in [0.15, 0.2) is 6.61 Å². The lowest BCUT2D eigenvalue weighted by Gasteiger charge is -2.11. The van der Waals surface area contributed by atoms with Gasteiger partial charge in [0, 0.05) is 0 Å². The third kappa shape index (κ3) is 4.27. The normalized spacial score (nSPS) is 13.0. The molecule has 0 radical (unpaired) electrons. The van der Waals surface area contributed by atoms with E-state index in [0.29, 0.717) is 8.95 Å². The first-order valence-electron chi connectivity index (χ1n) is 8.20. The van der Waals surface area contributed by atoms with Crippen LogP contribution in [0, 0.1) is 6.92 Å². The van der Waals surface area contributed by atoms with Crippen molar-refractivity contribution >= 4 is 44.0 Å². The van der Waals surface area contributed by atoms with Crippen LogP contribution in [0.4, 0.5) is 0 Å². The number of halogens is 2. The molecule has 0 fully saturated rings. The van der Waals surface area contributed by atoms with Crippen molar-refractivity contribution in [3.8, 4) is 11.5 Å². The Morgan fingerprint density at radius 2 is 1.96 bits per heavy atom. The molecule has 26 heavy (non-hydrogen) atoms. The largest absolute Gasteiger partial charge is 0.506 e. The molecule has 0 aromatic heterocycles. The molecule has 0 atom stereocenters. The summed E-state index contributed by atoms with van der Waals surface area (Å²) in [5, 5.41) is 13.6. The maximum atomic E-state index is 12.0. The Bertz CT molecular complexity index is 858. The van der Waals surface area contributed by atoms with Crippen LogP contribution in [0.15, 0.2) is 38.3 Å². The molecule has 3 rings (SSSR count). The van der Waals surface area contributed by atoms with E-state index >= 15 is 0 Å². The average Bonchev–Trinajstić information content (AvgIpc) is 3.10. The van der Waals surface area contributed by atoms with Crippen molar-refractivity contribution in [2.45, 2.75) is 26.2 Å². The molecule has 1 aliphatic carbocycles. The maximum Gasteiger partial charge on any atom is 0.277 e. The number of hydrazone groups is 1. The van der Waals surface area contributed by atoms with Gasteiger partial charge in [-0.25, -0.2) is 5.43 Å². The molecule has 2 N–H and O–H groups in total. The minimum atomic E-state index is -0.328. The Morgan fingerprint density at radius 1 is 1.27 bits per heavy atom. The summed E-state index contributed by atoms with van der Waals surface area (Å²) in [5.74, 6) is 0.573. The number of carbonyl (C=O) groups excluding carboxylic acids is 1. The predicted octanol–water partition coefficient (Wildman–Crippen LogP) is 4.24. The first-order chi connectivity index (χ1) is 12.5. The third-order valence-electron chi connectivity index (χ3n) is 4.28. The number of fused-ring (bicyclic) bond motifs is 1.